The molecular weight excluding hydrogens is 128 g/mol. The Morgan fingerprint density at radius 3 is 1.50 bits per heavy atom. The lowest BCUT2D eigenvalue weighted by Crippen LogP contribution is -2.40. The Hall–Kier alpha value is -0.160. The van der Waals surface area contributed by atoms with Crippen molar-refractivity contribution in [2.75, 3.05) is 13.1 Å². The fraction of sp³-hybridized carbons (Fsp3) is 1.00. The molecule has 0 spiro atoms. The fourth-order valence-electron chi connectivity index (χ4n) is 0.957. The molecule has 0 fully saturated rings. The third-order valence-corrected chi connectivity index (χ3v) is 1.62. The molecular formula is C6H18N4. The molecule has 10 heavy (non-hydrogen) atoms. The molecule has 0 aromatic heterocycles. The molecule has 0 saturated carbocycles. The first-order valence-electron chi connectivity index (χ1n) is 3.63. The smallest absolute Gasteiger partial charge is 0.0550 e. The summed E-state index contributed by atoms with van der Waals surface area (Å²) in [6.07, 6.45) is 1.47. The quantitative estimate of drug-likeness (QED) is 0.356. The van der Waals surface area contributed by atoms with Gasteiger partial charge < -0.3 is 22.9 Å². The van der Waals surface area contributed by atoms with Gasteiger partial charge in [-0.2, -0.15) is 0 Å². The zero-order valence-corrected chi connectivity index (χ0v) is 6.29. The number of hydrogen-bond acceptors (Lipinski definition) is 4. The number of nitrogens with two attached hydrogens (primary N) is 4. The van der Waals surface area contributed by atoms with Crippen molar-refractivity contribution in [3.8, 4) is 0 Å². The van der Waals surface area contributed by atoms with Crippen molar-refractivity contribution in [2.45, 2.75) is 19.0 Å². The third-order valence-electron chi connectivity index (χ3n) is 1.62. The molecule has 0 aromatic rings. The normalized spacial score (nSPS) is 11.4. The second kappa shape index (κ2) is 5.61. The Balaban J connectivity index is 3.50. The minimum absolute atomic E-state index is 0.271. The SMILES string of the molecule is NCCC(CCN)C(N)N. The predicted octanol–water partition coefficient (Wildman–Crippen LogP) is -1.46. The molecule has 8 N–H and O–H groups in total. The Bertz CT molecular complexity index is 68.1. The number of rotatable bonds is 5. The van der Waals surface area contributed by atoms with Gasteiger partial charge in [0.15, 0.2) is 0 Å². The van der Waals surface area contributed by atoms with Gasteiger partial charge in [-0.05, 0) is 31.8 Å². The summed E-state index contributed by atoms with van der Waals surface area (Å²) in [6, 6.07) is 0. The van der Waals surface area contributed by atoms with Crippen LogP contribution in [0.2, 0.25) is 0 Å². The molecule has 0 aliphatic heterocycles. The molecule has 0 aliphatic carbocycles. The van der Waals surface area contributed by atoms with Gasteiger partial charge in [0.2, 0.25) is 0 Å². The standard InChI is InChI=1S/C6H18N4/c7-3-1-5(2-4-8)6(9)10/h5-6H,1-4,7-10H2. The van der Waals surface area contributed by atoms with Gasteiger partial charge in [-0.25, -0.2) is 0 Å². The Morgan fingerprint density at radius 2 is 1.30 bits per heavy atom. The van der Waals surface area contributed by atoms with Crippen LogP contribution in [-0.4, -0.2) is 19.3 Å². The Kier molecular flexibility index (Phi) is 5.52. The summed E-state index contributed by atoms with van der Waals surface area (Å²) in [6.45, 7) is 1.27. The molecule has 0 rings (SSSR count). The van der Waals surface area contributed by atoms with Crippen LogP contribution in [0.25, 0.3) is 0 Å². The van der Waals surface area contributed by atoms with E-state index in [0.29, 0.717) is 13.1 Å². The van der Waals surface area contributed by atoms with Gasteiger partial charge in [-0.3, -0.25) is 0 Å². The minimum Gasteiger partial charge on any atom is -0.330 e. The van der Waals surface area contributed by atoms with E-state index in [-0.39, 0.29) is 12.1 Å². The first kappa shape index (κ1) is 9.84. The van der Waals surface area contributed by atoms with Crippen LogP contribution < -0.4 is 22.9 Å². The van der Waals surface area contributed by atoms with Gasteiger partial charge in [0.1, 0.15) is 0 Å². The Labute approximate surface area is 61.9 Å². The monoisotopic (exact) mass is 146 g/mol. The second-order valence-corrected chi connectivity index (χ2v) is 2.49. The predicted molar refractivity (Wildman–Crippen MR) is 43.0 cm³/mol. The maximum atomic E-state index is 5.48. The lowest BCUT2D eigenvalue weighted by molar-refractivity contribution is 0.385. The van der Waals surface area contributed by atoms with E-state index in [1.165, 1.54) is 0 Å². The topological polar surface area (TPSA) is 104 Å². The van der Waals surface area contributed by atoms with Gasteiger partial charge >= 0.3 is 0 Å². The zero-order valence-electron chi connectivity index (χ0n) is 6.29. The summed E-state index contributed by atoms with van der Waals surface area (Å²) in [5.41, 5.74) is 21.6. The van der Waals surface area contributed by atoms with Crippen LogP contribution in [0, 0.1) is 5.92 Å². The highest BCUT2D eigenvalue weighted by molar-refractivity contribution is 4.67. The van der Waals surface area contributed by atoms with Crippen LogP contribution in [0.15, 0.2) is 0 Å². The molecule has 0 amide bonds. The fourth-order valence-corrected chi connectivity index (χ4v) is 0.957. The molecule has 4 nitrogen and oxygen atoms in total. The first-order valence-corrected chi connectivity index (χ1v) is 3.63. The molecule has 0 aliphatic rings. The van der Waals surface area contributed by atoms with Crippen LogP contribution in [0.4, 0.5) is 0 Å². The lowest BCUT2D eigenvalue weighted by atomic mass is 9.99. The van der Waals surface area contributed by atoms with E-state index in [4.69, 9.17) is 22.9 Å². The molecule has 0 saturated heterocycles. The van der Waals surface area contributed by atoms with Crippen LogP contribution in [0.1, 0.15) is 12.8 Å². The Morgan fingerprint density at radius 1 is 0.900 bits per heavy atom. The molecule has 0 bridgehead atoms. The molecule has 0 atom stereocenters. The van der Waals surface area contributed by atoms with Crippen molar-refractivity contribution >= 4 is 0 Å². The second-order valence-electron chi connectivity index (χ2n) is 2.49. The van der Waals surface area contributed by atoms with E-state index in [9.17, 15) is 0 Å². The average molecular weight is 146 g/mol. The van der Waals surface area contributed by atoms with E-state index in [1.807, 2.05) is 0 Å². The van der Waals surface area contributed by atoms with E-state index in [2.05, 4.69) is 0 Å². The lowest BCUT2D eigenvalue weighted by Gasteiger charge is -2.18. The van der Waals surface area contributed by atoms with Gasteiger partial charge in [0, 0.05) is 0 Å². The van der Waals surface area contributed by atoms with Crippen molar-refractivity contribution in [3.63, 3.8) is 0 Å². The molecule has 0 unspecified atom stereocenters. The highest BCUT2D eigenvalue weighted by Gasteiger charge is 2.11. The maximum Gasteiger partial charge on any atom is 0.0550 e. The van der Waals surface area contributed by atoms with E-state index < -0.39 is 0 Å². The van der Waals surface area contributed by atoms with Crippen LogP contribution in [0.3, 0.4) is 0 Å². The summed E-state index contributed by atoms with van der Waals surface area (Å²) in [5, 5.41) is 0. The maximum absolute atomic E-state index is 5.48. The third kappa shape index (κ3) is 3.79. The summed E-state index contributed by atoms with van der Waals surface area (Å²) in [4.78, 5) is 0. The highest BCUT2D eigenvalue weighted by atomic mass is 14.9. The van der Waals surface area contributed by atoms with Gasteiger partial charge in [-0.15, -0.1) is 0 Å². The summed E-state index contributed by atoms with van der Waals surface area (Å²) in [5.74, 6) is 0.287. The minimum atomic E-state index is -0.271. The van der Waals surface area contributed by atoms with Crippen molar-refractivity contribution in [2.24, 2.45) is 28.9 Å². The zero-order chi connectivity index (χ0) is 7.98. The summed E-state index contributed by atoms with van der Waals surface area (Å²) < 4.78 is 0. The van der Waals surface area contributed by atoms with E-state index in [0.717, 1.165) is 12.8 Å². The van der Waals surface area contributed by atoms with Crippen LogP contribution >= 0.6 is 0 Å². The molecule has 0 heterocycles. The van der Waals surface area contributed by atoms with Crippen molar-refractivity contribution in [1.29, 1.82) is 0 Å². The summed E-state index contributed by atoms with van der Waals surface area (Å²) in [7, 11) is 0. The van der Waals surface area contributed by atoms with Gasteiger partial charge in [0.05, 0.1) is 6.17 Å². The van der Waals surface area contributed by atoms with Gasteiger partial charge in [-0.1, -0.05) is 0 Å². The molecule has 0 radical (unpaired) electrons. The first-order chi connectivity index (χ1) is 4.72. The summed E-state index contributed by atoms with van der Waals surface area (Å²) >= 11 is 0. The van der Waals surface area contributed by atoms with E-state index >= 15 is 0 Å². The van der Waals surface area contributed by atoms with Gasteiger partial charge in [0.25, 0.3) is 0 Å². The highest BCUT2D eigenvalue weighted by Crippen LogP contribution is 2.06. The molecule has 0 aromatic carbocycles. The van der Waals surface area contributed by atoms with Crippen LogP contribution in [-0.2, 0) is 0 Å². The largest absolute Gasteiger partial charge is 0.330 e. The molecule has 62 valence electrons. The molecule has 4 heteroatoms. The van der Waals surface area contributed by atoms with Crippen molar-refractivity contribution < 1.29 is 0 Å². The van der Waals surface area contributed by atoms with Crippen LogP contribution in [0.5, 0.6) is 0 Å². The van der Waals surface area contributed by atoms with Crippen molar-refractivity contribution in [3.05, 3.63) is 0 Å². The average Bonchev–Trinajstić information content (AvgIpc) is 1.87. The van der Waals surface area contributed by atoms with E-state index in [1.54, 1.807) is 0 Å². The number of hydrogen-bond donors (Lipinski definition) is 4. The van der Waals surface area contributed by atoms with Crippen molar-refractivity contribution in [1.82, 2.24) is 0 Å².